The number of methoxy groups -OCH3 is 1. The maximum atomic E-state index is 11.5. The highest BCUT2D eigenvalue weighted by Gasteiger charge is 2.16. The quantitative estimate of drug-likeness (QED) is 0.774. The Morgan fingerprint density at radius 1 is 1.37 bits per heavy atom. The van der Waals surface area contributed by atoms with Crippen LogP contribution in [-0.2, 0) is 14.8 Å². The molecule has 106 valence electrons. The molecule has 19 heavy (non-hydrogen) atoms. The molecule has 0 aliphatic rings. The van der Waals surface area contributed by atoms with E-state index in [9.17, 15) is 13.2 Å². The zero-order valence-electron chi connectivity index (χ0n) is 10.5. The fourth-order valence-corrected chi connectivity index (χ4v) is 2.27. The van der Waals surface area contributed by atoms with Gasteiger partial charge in [-0.15, -0.1) is 0 Å². The van der Waals surface area contributed by atoms with Crippen molar-refractivity contribution in [2.75, 3.05) is 24.2 Å². The first-order chi connectivity index (χ1) is 8.88. The molecular formula is C11H15NO6S. The second-order valence-electron chi connectivity index (χ2n) is 3.55. The Hall–Kier alpha value is -1.96. The zero-order valence-corrected chi connectivity index (χ0v) is 11.4. The molecule has 1 aromatic carbocycles. The second kappa shape index (κ2) is 6.28. The van der Waals surface area contributed by atoms with Crippen LogP contribution < -0.4 is 14.2 Å². The Morgan fingerprint density at radius 2 is 2.05 bits per heavy atom. The number of nitrogens with one attached hydrogen (secondary N) is 1. The summed E-state index contributed by atoms with van der Waals surface area (Å²) in [5.41, 5.74) is 0.210. The van der Waals surface area contributed by atoms with Crippen molar-refractivity contribution in [2.45, 2.75) is 6.92 Å². The highest BCUT2D eigenvalue weighted by atomic mass is 32.2. The summed E-state index contributed by atoms with van der Waals surface area (Å²) in [5.74, 6) is -1.59. The summed E-state index contributed by atoms with van der Waals surface area (Å²) >= 11 is 0. The molecule has 0 atom stereocenters. The fraction of sp³-hybridized carbons (Fsp3) is 0.364. The van der Waals surface area contributed by atoms with Crippen molar-refractivity contribution in [2.24, 2.45) is 0 Å². The molecule has 0 aliphatic carbocycles. The lowest BCUT2D eigenvalue weighted by molar-refractivity contribution is -0.134. The van der Waals surface area contributed by atoms with Gasteiger partial charge in [-0.25, -0.2) is 8.42 Å². The maximum Gasteiger partial charge on any atom is 0.320 e. The van der Waals surface area contributed by atoms with Crippen molar-refractivity contribution in [3.05, 3.63) is 18.2 Å². The Labute approximate surface area is 111 Å². The molecule has 0 radical (unpaired) electrons. The average Bonchev–Trinajstić information content (AvgIpc) is 2.29. The molecule has 0 saturated carbocycles. The summed E-state index contributed by atoms with van der Waals surface area (Å²) < 4.78 is 35.4. The normalized spacial score (nSPS) is 10.8. The minimum atomic E-state index is -3.93. The molecule has 1 aromatic rings. The highest BCUT2D eigenvalue weighted by molar-refractivity contribution is 7.93. The van der Waals surface area contributed by atoms with E-state index in [1.54, 1.807) is 6.07 Å². The smallest absolute Gasteiger partial charge is 0.320 e. The Morgan fingerprint density at radius 3 is 2.58 bits per heavy atom. The van der Waals surface area contributed by atoms with Crippen LogP contribution in [0.2, 0.25) is 0 Å². The van der Waals surface area contributed by atoms with Crippen molar-refractivity contribution in [1.29, 1.82) is 0 Å². The lowest BCUT2D eigenvalue weighted by Gasteiger charge is -2.12. The topological polar surface area (TPSA) is 102 Å². The number of anilines is 1. The summed E-state index contributed by atoms with van der Waals surface area (Å²) in [6.45, 7) is 2.25. The molecule has 0 saturated heterocycles. The van der Waals surface area contributed by atoms with Crippen LogP contribution in [0.1, 0.15) is 6.92 Å². The van der Waals surface area contributed by atoms with Gasteiger partial charge in [0.1, 0.15) is 0 Å². The molecule has 0 bridgehead atoms. The second-order valence-corrected chi connectivity index (χ2v) is 5.28. The standard InChI is InChI=1S/C11H15NO6S/c1-3-18-9-5-4-8(6-10(9)17-2)12-19(15,16)7-11(13)14/h4-6,12H,3,7H2,1-2H3,(H,13,14). The van der Waals surface area contributed by atoms with Crippen LogP contribution in [0.4, 0.5) is 5.69 Å². The molecule has 7 nitrogen and oxygen atoms in total. The molecule has 0 aliphatic heterocycles. The van der Waals surface area contributed by atoms with Crippen molar-refractivity contribution in [1.82, 2.24) is 0 Å². The SMILES string of the molecule is CCOc1ccc(NS(=O)(=O)CC(=O)O)cc1OC. The van der Waals surface area contributed by atoms with E-state index in [1.165, 1.54) is 19.2 Å². The summed E-state index contributed by atoms with van der Waals surface area (Å²) in [7, 11) is -2.51. The van der Waals surface area contributed by atoms with E-state index in [1.807, 2.05) is 6.92 Å². The van der Waals surface area contributed by atoms with E-state index in [0.29, 0.717) is 18.1 Å². The number of carboxylic acid groups (broad SMARTS) is 1. The summed E-state index contributed by atoms with van der Waals surface area (Å²) in [6, 6.07) is 4.43. The van der Waals surface area contributed by atoms with Gasteiger partial charge in [0, 0.05) is 6.07 Å². The number of hydrogen-bond acceptors (Lipinski definition) is 5. The number of benzene rings is 1. The fourth-order valence-electron chi connectivity index (χ4n) is 1.38. The molecule has 1 rings (SSSR count). The molecule has 0 heterocycles. The lowest BCUT2D eigenvalue weighted by atomic mass is 10.3. The molecule has 8 heteroatoms. The van der Waals surface area contributed by atoms with Crippen LogP contribution in [0.3, 0.4) is 0 Å². The largest absolute Gasteiger partial charge is 0.493 e. The van der Waals surface area contributed by atoms with E-state index in [0.717, 1.165) is 0 Å². The van der Waals surface area contributed by atoms with Gasteiger partial charge >= 0.3 is 5.97 Å². The van der Waals surface area contributed by atoms with Crippen molar-refractivity contribution in [3.63, 3.8) is 0 Å². The van der Waals surface area contributed by atoms with Gasteiger partial charge in [0.15, 0.2) is 17.3 Å². The maximum absolute atomic E-state index is 11.5. The lowest BCUT2D eigenvalue weighted by Crippen LogP contribution is -2.22. The van der Waals surface area contributed by atoms with Crippen LogP contribution in [0, 0.1) is 0 Å². The Kier molecular flexibility index (Phi) is 4.99. The highest BCUT2D eigenvalue weighted by Crippen LogP contribution is 2.30. The molecule has 2 N–H and O–H groups in total. The molecule has 0 amide bonds. The summed E-state index contributed by atoms with van der Waals surface area (Å²) in [5, 5.41) is 8.48. The molecule has 0 aromatic heterocycles. The van der Waals surface area contributed by atoms with Gasteiger partial charge in [-0.3, -0.25) is 9.52 Å². The van der Waals surface area contributed by atoms with E-state index >= 15 is 0 Å². The number of sulfonamides is 1. The minimum absolute atomic E-state index is 0.210. The van der Waals surface area contributed by atoms with E-state index < -0.39 is 21.7 Å². The van der Waals surface area contributed by atoms with Gasteiger partial charge < -0.3 is 14.6 Å². The first-order valence-corrected chi connectivity index (χ1v) is 7.06. The van der Waals surface area contributed by atoms with E-state index in [4.69, 9.17) is 14.6 Å². The van der Waals surface area contributed by atoms with Crippen molar-refractivity contribution in [3.8, 4) is 11.5 Å². The molecule has 0 spiro atoms. The Balaban J connectivity index is 2.94. The number of carbonyl (C=O) groups is 1. The van der Waals surface area contributed by atoms with Gasteiger partial charge in [-0.05, 0) is 19.1 Å². The predicted molar refractivity (Wildman–Crippen MR) is 69.2 cm³/mol. The number of rotatable bonds is 7. The van der Waals surface area contributed by atoms with Gasteiger partial charge in [0.25, 0.3) is 0 Å². The van der Waals surface area contributed by atoms with Crippen LogP contribution in [-0.4, -0.2) is 39.0 Å². The van der Waals surface area contributed by atoms with Gasteiger partial charge in [0.2, 0.25) is 10.0 Å². The number of hydrogen-bond donors (Lipinski definition) is 2. The van der Waals surface area contributed by atoms with Crippen molar-refractivity contribution < 1.29 is 27.8 Å². The van der Waals surface area contributed by atoms with E-state index in [-0.39, 0.29) is 5.69 Å². The van der Waals surface area contributed by atoms with Crippen LogP contribution in [0.25, 0.3) is 0 Å². The van der Waals surface area contributed by atoms with E-state index in [2.05, 4.69) is 4.72 Å². The van der Waals surface area contributed by atoms with Gasteiger partial charge in [-0.2, -0.15) is 0 Å². The summed E-state index contributed by atoms with van der Waals surface area (Å²) in [4.78, 5) is 10.4. The molecule has 0 fully saturated rings. The average molecular weight is 289 g/mol. The summed E-state index contributed by atoms with van der Waals surface area (Å²) in [6.07, 6.45) is 0. The third-order valence-electron chi connectivity index (χ3n) is 2.05. The van der Waals surface area contributed by atoms with Crippen molar-refractivity contribution >= 4 is 21.7 Å². The minimum Gasteiger partial charge on any atom is -0.493 e. The van der Waals surface area contributed by atoms with Crippen LogP contribution in [0.5, 0.6) is 11.5 Å². The monoisotopic (exact) mass is 289 g/mol. The van der Waals surface area contributed by atoms with Gasteiger partial charge in [0.05, 0.1) is 19.4 Å². The third-order valence-corrected chi connectivity index (χ3v) is 3.22. The third kappa shape index (κ3) is 4.66. The van der Waals surface area contributed by atoms with Gasteiger partial charge in [-0.1, -0.05) is 0 Å². The van der Waals surface area contributed by atoms with Crippen LogP contribution >= 0.6 is 0 Å². The molecule has 0 unspecified atom stereocenters. The number of aliphatic carboxylic acids is 1. The number of ether oxygens (including phenoxy) is 2. The number of carboxylic acids is 1. The predicted octanol–water partition coefficient (Wildman–Crippen LogP) is 0.920. The molecular weight excluding hydrogens is 274 g/mol. The Bertz CT molecular complexity index is 554. The first-order valence-electron chi connectivity index (χ1n) is 5.41. The van der Waals surface area contributed by atoms with Crippen LogP contribution in [0.15, 0.2) is 18.2 Å². The zero-order chi connectivity index (χ0) is 14.5. The first kappa shape index (κ1) is 15.1.